The van der Waals surface area contributed by atoms with Crippen molar-refractivity contribution in [3.05, 3.63) is 78.9 Å². The molecule has 2 aromatic carbocycles. The van der Waals surface area contributed by atoms with Crippen molar-refractivity contribution < 1.29 is 29.0 Å². The van der Waals surface area contributed by atoms with Crippen LogP contribution in [0.1, 0.15) is 38.3 Å². The van der Waals surface area contributed by atoms with Crippen molar-refractivity contribution in [2.75, 3.05) is 42.6 Å². The SMILES string of the molecule is C=CCN(C(=O)[C@@H]1[C@H]2C(=O)N(CCO)C(C(=O)N(CC=C)c3c(C)cccc3C)C23CC(C)[C@@]1(C)O3)c1ccc(OCC)cc1. The second kappa shape index (κ2) is 12.4. The van der Waals surface area contributed by atoms with E-state index in [9.17, 15) is 19.5 Å². The highest BCUT2D eigenvalue weighted by atomic mass is 16.5. The molecule has 3 heterocycles. The molecule has 0 aromatic heterocycles. The molecule has 2 aromatic rings. The molecule has 0 saturated carbocycles. The topological polar surface area (TPSA) is 99.6 Å². The number of β-amino-alcohol motifs (C(OH)–C–C–N with tert-alkyl or cyclic N) is 1. The van der Waals surface area contributed by atoms with Gasteiger partial charge in [-0.05, 0) is 75.4 Å². The Morgan fingerprint density at radius 1 is 1.07 bits per heavy atom. The Hall–Kier alpha value is -3.95. The monoisotopic (exact) mass is 615 g/mol. The van der Waals surface area contributed by atoms with Gasteiger partial charge in [-0.3, -0.25) is 14.4 Å². The Kier molecular flexibility index (Phi) is 8.97. The third-order valence-corrected chi connectivity index (χ3v) is 9.98. The molecule has 45 heavy (non-hydrogen) atoms. The molecule has 9 nitrogen and oxygen atoms in total. The first kappa shape index (κ1) is 32.4. The van der Waals surface area contributed by atoms with Crippen LogP contribution in [0.3, 0.4) is 0 Å². The van der Waals surface area contributed by atoms with Gasteiger partial charge in [0.1, 0.15) is 17.4 Å². The van der Waals surface area contributed by atoms with Crippen LogP contribution in [-0.4, -0.2) is 77.8 Å². The van der Waals surface area contributed by atoms with Crippen molar-refractivity contribution in [2.45, 2.75) is 58.3 Å². The molecular formula is C36H45N3O6. The van der Waals surface area contributed by atoms with E-state index in [0.717, 1.165) is 16.8 Å². The van der Waals surface area contributed by atoms with Crippen molar-refractivity contribution in [2.24, 2.45) is 17.8 Å². The highest BCUT2D eigenvalue weighted by molar-refractivity contribution is 6.07. The largest absolute Gasteiger partial charge is 0.494 e. The zero-order chi connectivity index (χ0) is 32.7. The zero-order valence-electron chi connectivity index (χ0n) is 27.0. The minimum atomic E-state index is -1.24. The van der Waals surface area contributed by atoms with Gasteiger partial charge in [0.05, 0.1) is 30.7 Å². The fourth-order valence-electron chi connectivity index (χ4n) is 8.05. The Morgan fingerprint density at radius 2 is 1.69 bits per heavy atom. The number of carbonyl (C=O) groups excluding carboxylic acids is 3. The van der Waals surface area contributed by atoms with Crippen LogP contribution in [0.25, 0.3) is 0 Å². The third-order valence-electron chi connectivity index (χ3n) is 9.98. The molecule has 3 fully saturated rings. The molecule has 5 rings (SSSR count). The number of fused-ring (bicyclic) bond motifs is 1. The number of benzene rings is 2. The molecule has 0 radical (unpaired) electrons. The molecule has 1 spiro atoms. The van der Waals surface area contributed by atoms with E-state index >= 15 is 0 Å². The molecule has 1 N–H and O–H groups in total. The van der Waals surface area contributed by atoms with Gasteiger partial charge in [0.15, 0.2) is 0 Å². The van der Waals surface area contributed by atoms with E-state index in [0.29, 0.717) is 24.5 Å². The van der Waals surface area contributed by atoms with Crippen LogP contribution >= 0.6 is 0 Å². The van der Waals surface area contributed by atoms with Crippen molar-refractivity contribution >= 4 is 29.1 Å². The number of aryl methyl sites for hydroxylation is 2. The first-order chi connectivity index (χ1) is 21.5. The number of likely N-dealkylation sites (tertiary alicyclic amines) is 1. The van der Waals surface area contributed by atoms with Crippen molar-refractivity contribution in [1.82, 2.24) is 4.90 Å². The van der Waals surface area contributed by atoms with Crippen molar-refractivity contribution in [3.63, 3.8) is 0 Å². The van der Waals surface area contributed by atoms with Crippen LogP contribution in [0.2, 0.25) is 0 Å². The number of para-hydroxylation sites is 1. The number of carbonyl (C=O) groups is 3. The van der Waals surface area contributed by atoms with Gasteiger partial charge in [-0.1, -0.05) is 37.3 Å². The van der Waals surface area contributed by atoms with E-state index in [2.05, 4.69) is 13.2 Å². The standard InChI is InChI=1S/C36H45N3O6/c1-8-18-37(26-14-16-27(17-15-26)44-10-3)32(41)28-29-33(42)39(20-21-40)31(36(29)22-25(6)35(28,7)45-36)34(43)38(19-9-2)30-23(4)12-11-13-24(30)5/h8-9,11-17,25,28-29,31,40H,1-2,10,18-22H2,3-7H3/t25?,28-,29-,31?,35+,36?/m0/s1. The number of aliphatic hydroxyl groups excluding tert-OH is 1. The van der Waals surface area contributed by atoms with Gasteiger partial charge in [-0.25, -0.2) is 0 Å². The van der Waals surface area contributed by atoms with E-state index in [4.69, 9.17) is 9.47 Å². The van der Waals surface area contributed by atoms with Crippen LogP contribution < -0.4 is 14.5 Å². The maximum atomic E-state index is 14.8. The second-order valence-corrected chi connectivity index (χ2v) is 12.6. The van der Waals surface area contributed by atoms with Gasteiger partial charge in [0.25, 0.3) is 5.91 Å². The lowest BCUT2D eigenvalue weighted by molar-refractivity contribution is -0.146. The number of hydrogen-bond donors (Lipinski definition) is 1. The van der Waals surface area contributed by atoms with Crippen molar-refractivity contribution in [1.29, 1.82) is 0 Å². The number of nitrogens with zero attached hydrogens (tertiary/aromatic N) is 3. The molecule has 3 aliphatic rings. The van der Waals surface area contributed by atoms with E-state index in [1.54, 1.807) is 22.0 Å². The average molecular weight is 616 g/mol. The van der Waals surface area contributed by atoms with Crippen LogP contribution in [0.5, 0.6) is 5.75 Å². The van der Waals surface area contributed by atoms with Gasteiger partial charge in [0.2, 0.25) is 11.8 Å². The number of ether oxygens (including phenoxy) is 2. The van der Waals surface area contributed by atoms with Gasteiger partial charge in [-0.2, -0.15) is 0 Å². The van der Waals surface area contributed by atoms with Gasteiger partial charge in [-0.15, -0.1) is 13.2 Å². The average Bonchev–Trinajstić information content (AvgIpc) is 3.52. The normalized spacial score (nSPS) is 28.1. The molecule has 2 bridgehead atoms. The predicted molar refractivity (Wildman–Crippen MR) is 174 cm³/mol. The predicted octanol–water partition coefficient (Wildman–Crippen LogP) is 4.44. The summed E-state index contributed by atoms with van der Waals surface area (Å²) in [6.07, 6.45) is 3.75. The van der Waals surface area contributed by atoms with Gasteiger partial charge >= 0.3 is 0 Å². The number of anilines is 2. The smallest absolute Gasteiger partial charge is 0.253 e. The second-order valence-electron chi connectivity index (χ2n) is 12.6. The quantitative estimate of drug-likeness (QED) is 0.355. The highest BCUT2D eigenvalue weighted by Gasteiger charge is 2.80. The van der Waals surface area contributed by atoms with Crippen LogP contribution in [0.15, 0.2) is 67.8 Å². The Bertz CT molecular complexity index is 1470. The molecule has 3 saturated heterocycles. The maximum absolute atomic E-state index is 14.8. The summed E-state index contributed by atoms with van der Waals surface area (Å²) < 4.78 is 12.5. The Labute approximate surface area is 266 Å². The molecule has 0 aliphatic carbocycles. The van der Waals surface area contributed by atoms with Gasteiger partial charge in [0, 0.05) is 31.0 Å². The summed E-state index contributed by atoms with van der Waals surface area (Å²) >= 11 is 0. The minimum absolute atomic E-state index is 0.0488. The molecule has 6 atom stereocenters. The number of aliphatic hydroxyl groups is 1. The Balaban J connectivity index is 1.60. The number of hydrogen-bond acceptors (Lipinski definition) is 6. The molecule has 3 aliphatic heterocycles. The number of rotatable bonds is 12. The molecule has 3 unspecified atom stereocenters. The maximum Gasteiger partial charge on any atom is 0.253 e. The van der Waals surface area contributed by atoms with E-state index in [-0.39, 0.29) is 49.9 Å². The van der Waals surface area contributed by atoms with Crippen LogP contribution in [-0.2, 0) is 19.1 Å². The summed E-state index contributed by atoms with van der Waals surface area (Å²) in [5.74, 6) is -2.10. The number of amides is 3. The first-order valence-electron chi connectivity index (χ1n) is 15.8. The summed E-state index contributed by atoms with van der Waals surface area (Å²) in [5.41, 5.74) is 0.996. The van der Waals surface area contributed by atoms with Gasteiger partial charge < -0.3 is 29.3 Å². The summed E-state index contributed by atoms with van der Waals surface area (Å²) in [7, 11) is 0. The lowest BCUT2D eigenvalue weighted by Gasteiger charge is -2.39. The van der Waals surface area contributed by atoms with Crippen LogP contribution in [0.4, 0.5) is 11.4 Å². The van der Waals surface area contributed by atoms with Crippen molar-refractivity contribution in [3.8, 4) is 5.75 Å². The zero-order valence-corrected chi connectivity index (χ0v) is 27.0. The van der Waals surface area contributed by atoms with E-state index in [1.807, 2.05) is 77.1 Å². The highest BCUT2D eigenvalue weighted by Crippen LogP contribution is 2.65. The van der Waals surface area contributed by atoms with Crippen LogP contribution in [0, 0.1) is 31.6 Å². The molecular weight excluding hydrogens is 570 g/mol. The fourth-order valence-corrected chi connectivity index (χ4v) is 8.05. The molecule has 3 amide bonds. The summed E-state index contributed by atoms with van der Waals surface area (Å²) in [5, 5.41) is 10.1. The van der Waals surface area contributed by atoms with E-state index in [1.165, 1.54) is 4.90 Å². The molecule has 240 valence electrons. The summed E-state index contributed by atoms with van der Waals surface area (Å²) in [6.45, 7) is 18.1. The molecule has 9 heteroatoms. The fraction of sp³-hybridized carbons (Fsp3) is 0.472. The lowest BCUT2D eigenvalue weighted by atomic mass is 9.62. The van der Waals surface area contributed by atoms with E-state index < -0.39 is 29.1 Å². The Morgan fingerprint density at radius 3 is 2.27 bits per heavy atom. The first-order valence-corrected chi connectivity index (χ1v) is 15.8. The summed E-state index contributed by atoms with van der Waals surface area (Å²) in [6, 6.07) is 12.1. The lowest BCUT2D eigenvalue weighted by Crippen LogP contribution is -2.57. The third kappa shape index (κ3) is 5.06. The summed E-state index contributed by atoms with van der Waals surface area (Å²) in [4.78, 5) is 48.7. The minimum Gasteiger partial charge on any atom is -0.494 e.